The minimum absolute atomic E-state index is 0.0219. The number of carbonyl (C=O) groups excluding carboxylic acids is 2. The van der Waals surface area contributed by atoms with Gasteiger partial charge in [-0.2, -0.15) is 0 Å². The molecule has 1 heterocycles. The predicted octanol–water partition coefficient (Wildman–Crippen LogP) is 3.27. The molecule has 0 bridgehead atoms. The molecule has 0 spiro atoms. The van der Waals surface area contributed by atoms with E-state index in [1.807, 2.05) is 0 Å². The number of halogens is 2. The second kappa shape index (κ2) is 11.1. The second-order valence-electron chi connectivity index (χ2n) is 6.74. The highest BCUT2D eigenvalue weighted by molar-refractivity contribution is 9.10. The monoisotopic (exact) mass is 479 g/mol. The lowest BCUT2D eigenvalue weighted by Crippen LogP contribution is -2.38. The average molecular weight is 480 g/mol. The number of nitrogens with one attached hydrogen (secondary N) is 2. The van der Waals surface area contributed by atoms with Crippen LogP contribution in [0.3, 0.4) is 0 Å². The highest BCUT2D eigenvalue weighted by Gasteiger charge is 2.14. The molecule has 1 saturated heterocycles. The van der Waals surface area contributed by atoms with Gasteiger partial charge in [0, 0.05) is 36.2 Å². The van der Waals surface area contributed by atoms with Crippen LogP contribution >= 0.6 is 15.9 Å². The summed E-state index contributed by atoms with van der Waals surface area (Å²) in [4.78, 5) is 26.4. The van der Waals surface area contributed by atoms with Crippen molar-refractivity contribution in [1.29, 1.82) is 0 Å². The maximum absolute atomic E-state index is 14.1. The maximum atomic E-state index is 14.1. The van der Waals surface area contributed by atoms with Crippen LogP contribution in [0.2, 0.25) is 0 Å². The molecule has 30 heavy (non-hydrogen) atoms. The summed E-state index contributed by atoms with van der Waals surface area (Å²) in [5.74, 6) is -0.698. The summed E-state index contributed by atoms with van der Waals surface area (Å²) in [6.07, 6.45) is 0.247. The molecule has 2 aromatic rings. The van der Waals surface area contributed by atoms with Crippen LogP contribution in [0.1, 0.15) is 6.42 Å². The normalized spacial score (nSPS) is 14.2. The summed E-state index contributed by atoms with van der Waals surface area (Å²) in [6, 6.07) is 11.1. The Morgan fingerprint density at radius 2 is 1.80 bits per heavy atom. The fourth-order valence-corrected chi connectivity index (χ4v) is 3.14. The fraction of sp³-hybridized carbons (Fsp3) is 0.333. The number of ether oxygens (including phenoxy) is 2. The lowest BCUT2D eigenvalue weighted by molar-refractivity contribution is -0.118. The van der Waals surface area contributed by atoms with Crippen LogP contribution in [0.25, 0.3) is 0 Å². The Bertz CT molecular complexity index is 873. The van der Waals surface area contributed by atoms with Crippen LogP contribution in [0.4, 0.5) is 15.8 Å². The number of anilines is 2. The minimum atomic E-state index is -0.571. The summed E-state index contributed by atoms with van der Waals surface area (Å²) < 4.78 is 25.7. The van der Waals surface area contributed by atoms with Crippen molar-refractivity contribution in [2.75, 3.05) is 50.1 Å². The van der Waals surface area contributed by atoms with E-state index in [4.69, 9.17) is 9.47 Å². The number of amides is 2. The van der Waals surface area contributed by atoms with E-state index in [1.165, 1.54) is 18.2 Å². The van der Waals surface area contributed by atoms with E-state index in [0.717, 1.165) is 17.6 Å². The number of rotatable bonds is 8. The smallest absolute Gasteiger partial charge is 0.262 e. The highest BCUT2D eigenvalue weighted by Crippen LogP contribution is 2.20. The highest BCUT2D eigenvalue weighted by atomic mass is 79.9. The van der Waals surface area contributed by atoms with Gasteiger partial charge in [0.25, 0.3) is 5.91 Å². The van der Waals surface area contributed by atoms with Gasteiger partial charge in [0.05, 0.1) is 18.9 Å². The average Bonchev–Trinajstić information content (AvgIpc) is 2.75. The Kier molecular flexibility index (Phi) is 8.18. The molecule has 1 fully saturated rings. The van der Waals surface area contributed by atoms with Crippen LogP contribution in [0.5, 0.6) is 5.75 Å². The first-order valence-corrected chi connectivity index (χ1v) is 10.4. The third kappa shape index (κ3) is 7.08. The number of benzene rings is 2. The Labute approximate surface area is 182 Å². The minimum Gasteiger partial charge on any atom is -0.484 e. The van der Waals surface area contributed by atoms with E-state index < -0.39 is 11.7 Å². The Morgan fingerprint density at radius 3 is 2.53 bits per heavy atom. The molecule has 2 aromatic carbocycles. The summed E-state index contributed by atoms with van der Waals surface area (Å²) >= 11 is 3.33. The van der Waals surface area contributed by atoms with Gasteiger partial charge in [-0.15, -0.1) is 0 Å². The van der Waals surface area contributed by atoms with Gasteiger partial charge >= 0.3 is 0 Å². The van der Waals surface area contributed by atoms with Gasteiger partial charge in [-0.3, -0.25) is 14.5 Å². The van der Waals surface area contributed by atoms with Crippen LogP contribution in [-0.4, -0.2) is 56.2 Å². The second-order valence-corrected chi connectivity index (χ2v) is 7.65. The number of hydrogen-bond donors (Lipinski definition) is 2. The molecule has 0 radical (unpaired) electrons. The van der Waals surface area contributed by atoms with Crippen molar-refractivity contribution in [3.8, 4) is 5.75 Å². The standard InChI is InChI=1S/C21H23BrFN3O4/c22-15-1-4-17(5-2-15)30-14-21(28)24-16-3-6-18(23)19(13-16)25-20(27)7-8-26-9-11-29-12-10-26/h1-6,13H,7-12,14H2,(H,24,28)(H,25,27). The van der Waals surface area contributed by atoms with E-state index in [1.54, 1.807) is 24.3 Å². The van der Waals surface area contributed by atoms with Gasteiger partial charge in [-0.25, -0.2) is 4.39 Å². The Balaban J connectivity index is 1.49. The molecule has 160 valence electrons. The molecular formula is C21H23BrFN3O4. The molecule has 0 aromatic heterocycles. The molecule has 2 amide bonds. The third-order valence-electron chi connectivity index (χ3n) is 4.47. The van der Waals surface area contributed by atoms with E-state index in [2.05, 4.69) is 31.5 Å². The van der Waals surface area contributed by atoms with Crippen molar-refractivity contribution in [1.82, 2.24) is 4.90 Å². The summed E-state index contributed by atoms with van der Waals surface area (Å²) in [7, 11) is 0. The van der Waals surface area contributed by atoms with Crippen molar-refractivity contribution < 1.29 is 23.5 Å². The molecule has 1 aliphatic rings. The van der Waals surface area contributed by atoms with Crippen LogP contribution in [-0.2, 0) is 14.3 Å². The topological polar surface area (TPSA) is 79.9 Å². The molecule has 0 atom stereocenters. The lowest BCUT2D eigenvalue weighted by Gasteiger charge is -2.26. The van der Waals surface area contributed by atoms with Crippen LogP contribution < -0.4 is 15.4 Å². The molecule has 7 nitrogen and oxygen atoms in total. The van der Waals surface area contributed by atoms with Crippen molar-refractivity contribution in [2.24, 2.45) is 0 Å². The number of nitrogens with zero attached hydrogens (tertiary/aromatic N) is 1. The Hall–Kier alpha value is -2.49. The first-order valence-electron chi connectivity index (χ1n) is 9.57. The predicted molar refractivity (Wildman–Crippen MR) is 115 cm³/mol. The Morgan fingerprint density at radius 1 is 1.07 bits per heavy atom. The zero-order valence-corrected chi connectivity index (χ0v) is 17.9. The molecule has 9 heteroatoms. The van der Waals surface area contributed by atoms with Crippen LogP contribution in [0.15, 0.2) is 46.9 Å². The first kappa shape index (κ1) is 22.2. The lowest BCUT2D eigenvalue weighted by atomic mass is 10.2. The summed E-state index contributed by atoms with van der Waals surface area (Å²) in [5.41, 5.74) is 0.387. The molecule has 0 saturated carbocycles. The van der Waals surface area contributed by atoms with Crippen molar-refractivity contribution in [3.05, 3.63) is 52.8 Å². The molecular weight excluding hydrogens is 457 g/mol. The van der Waals surface area contributed by atoms with Gasteiger partial charge in [0.15, 0.2) is 6.61 Å². The molecule has 3 rings (SSSR count). The third-order valence-corrected chi connectivity index (χ3v) is 5.00. The molecule has 0 unspecified atom stereocenters. The summed E-state index contributed by atoms with van der Waals surface area (Å²) in [5, 5.41) is 5.20. The van der Waals surface area contributed by atoms with Gasteiger partial charge < -0.3 is 20.1 Å². The molecule has 0 aliphatic carbocycles. The quantitative estimate of drug-likeness (QED) is 0.607. The largest absolute Gasteiger partial charge is 0.484 e. The van der Waals surface area contributed by atoms with Crippen molar-refractivity contribution in [3.63, 3.8) is 0 Å². The van der Waals surface area contributed by atoms with Gasteiger partial charge in [-0.05, 0) is 42.5 Å². The fourth-order valence-electron chi connectivity index (χ4n) is 2.87. The van der Waals surface area contributed by atoms with Gasteiger partial charge in [0.2, 0.25) is 5.91 Å². The van der Waals surface area contributed by atoms with E-state index in [-0.39, 0.29) is 24.6 Å². The van der Waals surface area contributed by atoms with Crippen molar-refractivity contribution in [2.45, 2.75) is 6.42 Å². The van der Waals surface area contributed by atoms with Gasteiger partial charge in [0.1, 0.15) is 11.6 Å². The number of hydrogen-bond acceptors (Lipinski definition) is 5. The van der Waals surface area contributed by atoms with Crippen molar-refractivity contribution >= 4 is 39.1 Å². The SMILES string of the molecule is O=C(COc1ccc(Br)cc1)Nc1ccc(F)c(NC(=O)CCN2CCOCC2)c1. The number of carbonyl (C=O) groups is 2. The van der Waals surface area contributed by atoms with E-state index >= 15 is 0 Å². The number of morpholine rings is 1. The molecule has 1 aliphatic heterocycles. The van der Waals surface area contributed by atoms with Crippen LogP contribution in [0, 0.1) is 5.82 Å². The molecule has 2 N–H and O–H groups in total. The van der Waals surface area contributed by atoms with Gasteiger partial charge in [-0.1, -0.05) is 15.9 Å². The zero-order valence-electron chi connectivity index (χ0n) is 16.3. The van der Waals surface area contributed by atoms with E-state index in [0.29, 0.717) is 31.2 Å². The maximum Gasteiger partial charge on any atom is 0.262 e. The van der Waals surface area contributed by atoms with E-state index in [9.17, 15) is 14.0 Å². The summed E-state index contributed by atoms with van der Waals surface area (Å²) in [6.45, 7) is 3.27. The zero-order chi connectivity index (χ0) is 21.3. The first-order chi connectivity index (χ1) is 14.5.